The highest BCUT2D eigenvalue weighted by molar-refractivity contribution is 5.86. The Morgan fingerprint density at radius 2 is 2.11 bits per heavy atom. The molecule has 0 atom stereocenters. The fraction of sp³-hybridized carbons (Fsp3) is 0.154. The second-order valence-corrected chi connectivity index (χ2v) is 4.42. The number of anilines is 1. The fourth-order valence-electron chi connectivity index (χ4n) is 2.12. The highest BCUT2D eigenvalue weighted by Gasteiger charge is 2.13. The lowest BCUT2D eigenvalue weighted by Crippen LogP contribution is -1.96. The van der Waals surface area contributed by atoms with Crippen molar-refractivity contribution in [1.29, 1.82) is 0 Å². The number of benzene rings is 1. The van der Waals surface area contributed by atoms with Crippen LogP contribution >= 0.6 is 0 Å². The topological polar surface area (TPSA) is 59.6 Å². The van der Waals surface area contributed by atoms with Gasteiger partial charge in [-0.1, -0.05) is 0 Å². The third-order valence-corrected chi connectivity index (χ3v) is 3.06. The second kappa shape index (κ2) is 3.60. The van der Waals surface area contributed by atoms with Crippen LogP contribution in [0.15, 0.2) is 24.3 Å². The maximum absolute atomic E-state index is 14.4. The quantitative estimate of drug-likeness (QED) is 0.691. The van der Waals surface area contributed by atoms with Gasteiger partial charge in [0.05, 0.1) is 5.69 Å². The van der Waals surface area contributed by atoms with Crippen molar-refractivity contribution in [3.05, 3.63) is 35.8 Å². The summed E-state index contributed by atoms with van der Waals surface area (Å²) in [4.78, 5) is 3.10. The summed E-state index contributed by atoms with van der Waals surface area (Å²) in [6, 6.07) is 7.03. The maximum Gasteiger partial charge on any atom is 0.142 e. The third kappa shape index (κ3) is 1.48. The van der Waals surface area contributed by atoms with Gasteiger partial charge in [0.25, 0.3) is 0 Å². The standard InChI is InChI=1S/C13H13FN4/c1-7-5-9-10(16-7)4-3-8(13(9)14)11-6-12(15)18(2)17-11/h3-6,16H,15H2,1-2H3. The molecule has 2 aromatic heterocycles. The molecule has 3 aromatic rings. The number of hydrogen-bond donors (Lipinski definition) is 2. The number of aromatic amines is 1. The zero-order chi connectivity index (χ0) is 12.9. The molecular weight excluding hydrogens is 231 g/mol. The number of aromatic nitrogens is 3. The van der Waals surface area contributed by atoms with E-state index in [2.05, 4.69) is 10.1 Å². The number of halogens is 1. The summed E-state index contributed by atoms with van der Waals surface area (Å²) in [5, 5.41) is 4.77. The van der Waals surface area contributed by atoms with E-state index in [1.165, 1.54) is 4.68 Å². The summed E-state index contributed by atoms with van der Waals surface area (Å²) in [6.45, 7) is 1.90. The smallest absolute Gasteiger partial charge is 0.142 e. The van der Waals surface area contributed by atoms with Crippen LogP contribution in [0, 0.1) is 12.7 Å². The molecule has 0 radical (unpaired) electrons. The molecule has 5 heteroatoms. The molecular formula is C13H13FN4. The van der Waals surface area contributed by atoms with Gasteiger partial charge in [0.15, 0.2) is 0 Å². The fourth-order valence-corrected chi connectivity index (χ4v) is 2.12. The van der Waals surface area contributed by atoms with Crippen LogP contribution in [0.4, 0.5) is 10.2 Å². The summed E-state index contributed by atoms with van der Waals surface area (Å²) in [6.07, 6.45) is 0. The number of hydrogen-bond acceptors (Lipinski definition) is 2. The van der Waals surface area contributed by atoms with Gasteiger partial charge < -0.3 is 10.7 Å². The summed E-state index contributed by atoms with van der Waals surface area (Å²) in [7, 11) is 1.73. The highest BCUT2D eigenvalue weighted by atomic mass is 19.1. The monoisotopic (exact) mass is 244 g/mol. The van der Waals surface area contributed by atoms with Crippen molar-refractivity contribution < 1.29 is 4.39 Å². The molecule has 0 aliphatic heterocycles. The van der Waals surface area contributed by atoms with Crippen LogP contribution in [-0.2, 0) is 7.05 Å². The lowest BCUT2D eigenvalue weighted by molar-refractivity contribution is 0.642. The number of nitrogens with one attached hydrogen (secondary N) is 1. The van der Waals surface area contributed by atoms with E-state index in [0.717, 1.165) is 11.2 Å². The molecule has 0 spiro atoms. The normalized spacial score (nSPS) is 11.3. The van der Waals surface area contributed by atoms with Crippen molar-refractivity contribution >= 4 is 16.7 Å². The average Bonchev–Trinajstić information content (AvgIpc) is 2.84. The number of nitrogens with two attached hydrogens (primary N) is 1. The molecule has 0 saturated heterocycles. The molecule has 0 bridgehead atoms. The van der Waals surface area contributed by atoms with E-state index in [-0.39, 0.29) is 5.82 Å². The maximum atomic E-state index is 14.4. The SMILES string of the molecule is Cc1cc2c(F)c(-c3cc(N)n(C)n3)ccc2[nH]1. The van der Waals surface area contributed by atoms with E-state index >= 15 is 0 Å². The lowest BCUT2D eigenvalue weighted by atomic mass is 10.1. The number of nitrogens with zero attached hydrogens (tertiary/aromatic N) is 2. The van der Waals surface area contributed by atoms with Crippen LogP contribution < -0.4 is 5.73 Å². The van der Waals surface area contributed by atoms with Gasteiger partial charge in [-0.25, -0.2) is 4.39 Å². The average molecular weight is 244 g/mol. The Labute approximate surface area is 103 Å². The molecule has 0 aliphatic rings. The van der Waals surface area contributed by atoms with E-state index < -0.39 is 0 Å². The van der Waals surface area contributed by atoms with Gasteiger partial charge >= 0.3 is 0 Å². The number of fused-ring (bicyclic) bond motifs is 1. The minimum atomic E-state index is -0.269. The Balaban J connectivity index is 2.26. The first-order chi connectivity index (χ1) is 8.56. The summed E-state index contributed by atoms with van der Waals surface area (Å²) < 4.78 is 15.9. The number of aryl methyl sites for hydroxylation is 2. The van der Waals surface area contributed by atoms with Crippen molar-refractivity contribution in [2.24, 2.45) is 7.05 Å². The number of rotatable bonds is 1. The third-order valence-electron chi connectivity index (χ3n) is 3.06. The Bertz CT molecular complexity index is 719. The highest BCUT2D eigenvalue weighted by Crippen LogP contribution is 2.29. The van der Waals surface area contributed by atoms with Crippen LogP contribution in [-0.4, -0.2) is 14.8 Å². The van der Waals surface area contributed by atoms with Gasteiger partial charge in [-0.3, -0.25) is 4.68 Å². The van der Waals surface area contributed by atoms with Gasteiger partial charge in [0.1, 0.15) is 11.6 Å². The Morgan fingerprint density at radius 3 is 2.78 bits per heavy atom. The van der Waals surface area contributed by atoms with E-state index in [9.17, 15) is 4.39 Å². The molecule has 0 saturated carbocycles. The molecule has 92 valence electrons. The summed E-state index contributed by atoms with van der Waals surface area (Å²) in [5.74, 6) is 0.240. The molecule has 18 heavy (non-hydrogen) atoms. The second-order valence-electron chi connectivity index (χ2n) is 4.42. The molecule has 0 aliphatic carbocycles. The van der Waals surface area contributed by atoms with Crippen LogP contribution in [0.5, 0.6) is 0 Å². The van der Waals surface area contributed by atoms with Crippen LogP contribution in [0.1, 0.15) is 5.69 Å². The zero-order valence-corrected chi connectivity index (χ0v) is 10.2. The van der Waals surface area contributed by atoms with Crippen LogP contribution in [0.2, 0.25) is 0 Å². The molecule has 4 nitrogen and oxygen atoms in total. The molecule has 1 aromatic carbocycles. The van der Waals surface area contributed by atoms with Crippen molar-refractivity contribution in [3.63, 3.8) is 0 Å². The minimum Gasteiger partial charge on any atom is -0.384 e. The van der Waals surface area contributed by atoms with Crippen molar-refractivity contribution in [1.82, 2.24) is 14.8 Å². The molecule has 2 heterocycles. The van der Waals surface area contributed by atoms with Crippen LogP contribution in [0.3, 0.4) is 0 Å². The van der Waals surface area contributed by atoms with Gasteiger partial charge in [-0.05, 0) is 25.1 Å². The first-order valence-corrected chi connectivity index (χ1v) is 5.64. The predicted molar refractivity (Wildman–Crippen MR) is 69.6 cm³/mol. The molecule has 3 N–H and O–H groups in total. The van der Waals surface area contributed by atoms with Crippen molar-refractivity contribution in [2.45, 2.75) is 6.92 Å². The Kier molecular flexibility index (Phi) is 2.16. The first kappa shape index (κ1) is 10.8. The molecule has 0 fully saturated rings. The molecule has 0 unspecified atom stereocenters. The van der Waals surface area contributed by atoms with E-state index in [1.54, 1.807) is 25.2 Å². The number of nitrogen functional groups attached to an aromatic ring is 1. The summed E-state index contributed by atoms with van der Waals surface area (Å²) >= 11 is 0. The minimum absolute atomic E-state index is 0.269. The first-order valence-electron chi connectivity index (χ1n) is 5.64. The van der Waals surface area contributed by atoms with Gasteiger partial charge in [-0.2, -0.15) is 5.10 Å². The van der Waals surface area contributed by atoms with Gasteiger partial charge in [-0.15, -0.1) is 0 Å². The van der Waals surface area contributed by atoms with Gasteiger partial charge in [0, 0.05) is 35.3 Å². The van der Waals surface area contributed by atoms with E-state index in [1.807, 2.05) is 13.0 Å². The Hall–Kier alpha value is -2.30. The lowest BCUT2D eigenvalue weighted by Gasteiger charge is -2.00. The zero-order valence-electron chi connectivity index (χ0n) is 10.2. The molecule has 0 amide bonds. The van der Waals surface area contributed by atoms with Crippen molar-refractivity contribution in [3.8, 4) is 11.3 Å². The van der Waals surface area contributed by atoms with Crippen LogP contribution in [0.25, 0.3) is 22.2 Å². The Morgan fingerprint density at radius 1 is 1.33 bits per heavy atom. The largest absolute Gasteiger partial charge is 0.384 e. The van der Waals surface area contributed by atoms with E-state index in [4.69, 9.17) is 5.73 Å². The van der Waals surface area contributed by atoms with E-state index in [0.29, 0.717) is 22.5 Å². The summed E-state index contributed by atoms with van der Waals surface area (Å²) in [5.41, 5.74) is 8.45. The number of H-pyrrole nitrogens is 1. The van der Waals surface area contributed by atoms with Crippen molar-refractivity contribution in [2.75, 3.05) is 5.73 Å². The predicted octanol–water partition coefficient (Wildman–Crippen LogP) is 2.60. The van der Waals surface area contributed by atoms with Gasteiger partial charge in [0.2, 0.25) is 0 Å². The molecule has 3 rings (SSSR count).